The van der Waals surface area contributed by atoms with E-state index in [2.05, 4.69) is 15.1 Å². The van der Waals surface area contributed by atoms with Crippen molar-refractivity contribution in [3.05, 3.63) is 42.7 Å². The van der Waals surface area contributed by atoms with E-state index in [0.717, 1.165) is 44.5 Å². The molecule has 2 aliphatic heterocycles. The molecule has 2 aromatic heterocycles. The summed E-state index contributed by atoms with van der Waals surface area (Å²) in [5, 5.41) is 4.10. The summed E-state index contributed by atoms with van der Waals surface area (Å²) < 4.78 is 1.71. The zero-order valence-corrected chi connectivity index (χ0v) is 16.9. The van der Waals surface area contributed by atoms with E-state index in [1.54, 1.807) is 23.4 Å². The molecule has 0 saturated carbocycles. The number of nitrogens with zero attached hydrogens (tertiary/aromatic N) is 6. The molecule has 2 aromatic rings. The molecule has 1 atom stereocenters. The molecule has 0 aliphatic carbocycles. The van der Waals surface area contributed by atoms with Gasteiger partial charge in [-0.15, -0.1) is 0 Å². The Hall–Kier alpha value is -2.77. The van der Waals surface area contributed by atoms with Gasteiger partial charge in [-0.3, -0.25) is 19.3 Å². The Morgan fingerprint density at radius 3 is 2.62 bits per heavy atom. The lowest BCUT2D eigenvalue weighted by molar-refractivity contribution is -0.144. The largest absolute Gasteiger partial charge is 0.342 e. The van der Waals surface area contributed by atoms with Crippen molar-refractivity contribution in [2.45, 2.75) is 45.7 Å². The maximum Gasteiger partial charge on any atom is 0.227 e. The summed E-state index contributed by atoms with van der Waals surface area (Å²) in [6.45, 7) is 5.44. The monoisotopic (exact) mass is 396 g/mol. The Kier molecular flexibility index (Phi) is 5.60. The van der Waals surface area contributed by atoms with Crippen LogP contribution >= 0.6 is 0 Å². The van der Waals surface area contributed by atoms with Gasteiger partial charge in [-0.1, -0.05) is 6.92 Å². The fourth-order valence-electron chi connectivity index (χ4n) is 4.56. The Balaban J connectivity index is 1.34. The molecule has 2 saturated heterocycles. The summed E-state index contributed by atoms with van der Waals surface area (Å²) in [7, 11) is 0. The second kappa shape index (κ2) is 8.31. The van der Waals surface area contributed by atoms with E-state index in [-0.39, 0.29) is 23.1 Å². The number of carbonyl (C=O) groups excluding carboxylic acids is 2. The van der Waals surface area contributed by atoms with E-state index in [4.69, 9.17) is 0 Å². The van der Waals surface area contributed by atoms with Crippen LogP contribution in [0.1, 0.15) is 38.2 Å². The normalized spacial score (nSPS) is 20.1. The van der Waals surface area contributed by atoms with Gasteiger partial charge >= 0.3 is 0 Å². The van der Waals surface area contributed by atoms with Gasteiger partial charge in [0.2, 0.25) is 11.8 Å². The molecule has 0 aromatic carbocycles. The fraction of sp³-hybridized carbons (Fsp3) is 0.571. The molecule has 0 bridgehead atoms. The van der Waals surface area contributed by atoms with Gasteiger partial charge < -0.3 is 9.80 Å². The third-order valence-electron chi connectivity index (χ3n) is 6.36. The van der Waals surface area contributed by atoms with Gasteiger partial charge in [0.25, 0.3) is 0 Å². The quantitative estimate of drug-likeness (QED) is 0.769. The van der Waals surface area contributed by atoms with Crippen molar-refractivity contribution in [1.29, 1.82) is 0 Å². The second-order valence-corrected chi connectivity index (χ2v) is 8.45. The average molecular weight is 396 g/mol. The van der Waals surface area contributed by atoms with Gasteiger partial charge in [0, 0.05) is 45.0 Å². The predicted molar refractivity (Wildman–Crippen MR) is 106 cm³/mol. The van der Waals surface area contributed by atoms with Gasteiger partial charge in [-0.25, -0.2) is 4.98 Å². The van der Waals surface area contributed by atoms with Crippen LogP contribution in [-0.2, 0) is 22.7 Å². The number of piperidine rings is 2. The van der Waals surface area contributed by atoms with E-state index in [9.17, 15) is 9.59 Å². The summed E-state index contributed by atoms with van der Waals surface area (Å²) in [6, 6.07) is 3.93. The van der Waals surface area contributed by atoms with Crippen molar-refractivity contribution in [2.75, 3.05) is 19.6 Å². The van der Waals surface area contributed by atoms with Crippen molar-refractivity contribution in [2.24, 2.45) is 11.3 Å². The van der Waals surface area contributed by atoms with Crippen LogP contribution in [0.4, 0.5) is 0 Å². The number of aromatic nitrogens is 4. The molecule has 29 heavy (non-hydrogen) atoms. The van der Waals surface area contributed by atoms with E-state index in [1.165, 1.54) is 6.33 Å². The van der Waals surface area contributed by atoms with Crippen molar-refractivity contribution < 1.29 is 9.59 Å². The van der Waals surface area contributed by atoms with Gasteiger partial charge in [-0.05, 0) is 42.4 Å². The standard InChI is InChI=1S/C21H28N6O2/c1-17(12-27-16-23-15-24-27)20(29)25-10-6-21(7-11-25)5-2-19(28)26(14-21)13-18-3-8-22-9-4-18/h3-4,8-9,15-17H,2,5-7,10-14H2,1H3/t17-/m1/s1. The lowest BCUT2D eigenvalue weighted by Gasteiger charge is -2.47. The number of amides is 2. The highest BCUT2D eigenvalue weighted by atomic mass is 16.2. The molecular weight excluding hydrogens is 368 g/mol. The molecule has 8 nitrogen and oxygen atoms in total. The van der Waals surface area contributed by atoms with Crippen LogP contribution in [0.15, 0.2) is 37.2 Å². The number of hydrogen-bond acceptors (Lipinski definition) is 5. The topological polar surface area (TPSA) is 84.2 Å². The fourth-order valence-corrected chi connectivity index (χ4v) is 4.56. The molecule has 8 heteroatoms. The molecule has 1 spiro atoms. The van der Waals surface area contributed by atoms with Crippen molar-refractivity contribution in [3.63, 3.8) is 0 Å². The minimum Gasteiger partial charge on any atom is -0.342 e. The Labute approximate surface area is 170 Å². The first-order valence-electron chi connectivity index (χ1n) is 10.3. The third-order valence-corrected chi connectivity index (χ3v) is 6.36. The molecule has 154 valence electrons. The summed E-state index contributed by atoms with van der Waals surface area (Å²) in [4.78, 5) is 37.3. The summed E-state index contributed by atoms with van der Waals surface area (Å²) in [5.74, 6) is 0.283. The van der Waals surface area contributed by atoms with Crippen LogP contribution < -0.4 is 0 Å². The van der Waals surface area contributed by atoms with Crippen LogP contribution in [0.3, 0.4) is 0 Å². The number of hydrogen-bond donors (Lipinski definition) is 0. The average Bonchev–Trinajstić information content (AvgIpc) is 3.25. The second-order valence-electron chi connectivity index (χ2n) is 8.45. The highest BCUT2D eigenvalue weighted by Crippen LogP contribution is 2.40. The Morgan fingerprint density at radius 1 is 1.17 bits per heavy atom. The van der Waals surface area contributed by atoms with Crippen LogP contribution in [-0.4, -0.2) is 61.0 Å². The SMILES string of the molecule is C[C@H](Cn1cncn1)C(=O)N1CCC2(CCC(=O)N(Cc3ccncc3)C2)CC1. The van der Waals surface area contributed by atoms with E-state index >= 15 is 0 Å². The molecular formula is C21H28N6O2. The minimum atomic E-state index is -0.123. The minimum absolute atomic E-state index is 0.123. The molecule has 2 amide bonds. The predicted octanol–water partition coefficient (Wildman–Crippen LogP) is 1.74. The molecule has 4 heterocycles. The number of likely N-dealkylation sites (tertiary alicyclic amines) is 2. The van der Waals surface area contributed by atoms with E-state index in [1.807, 2.05) is 28.9 Å². The molecule has 2 fully saturated rings. The first-order valence-corrected chi connectivity index (χ1v) is 10.3. The Bertz CT molecular complexity index is 830. The Morgan fingerprint density at radius 2 is 1.93 bits per heavy atom. The van der Waals surface area contributed by atoms with E-state index in [0.29, 0.717) is 19.5 Å². The van der Waals surface area contributed by atoms with Gasteiger partial charge in [0.05, 0.1) is 12.5 Å². The summed E-state index contributed by atoms with van der Waals surface area (Å²) in [6.07, 6.45) is 10.1. The zero-order valence-electron chi connectivity index (χ0n) is 16.9. The number of pyridine rings is 1. The third kappa shape index (κ3) is 4.46. The van der Waals surface area contributed by atoms with Crippen LogP contribution in [0.2, 0.25) is 0 Å². The number of rotatable bonds is 5. The summed E-state index contributed by atoms with van der Waals surface area (Å²) >= 11 is 0. The molecule has 0 unspecified atom stereocenters. The maximum atomic E-state index is 12.8. The van der Waals surface area contributed by atoms with Crippen LogP contribution in [0.25, 0.3) is 0 Å². The smallest absolute Gasteiger partial charge is 0.227 e. The van der Waals surface area contributed by atoms with Gasteiger partial charge in [0.15, 0.2) is 0 Å². The highest BCUT2D eigenvalue weighted by molar-refractivity contribution is 5.79. The molecule has 0 radical (unpaired) electrons. The first-order chi connectivity index (χ1) is 14.0. The van der Waals surface area contributed by atoms with Gasteiger partial charge in [0.1, 0.15) is 12.7 Å². The van der Waals surface area contributed by atoms with Crippen LogP contribution in [0, 0.1) is 11.3 Å². The molecule has 0 N–H and O–H groups in total. The van der Waals surface area contributed by atoms with Crippen molar-refractivity contribution in [3.8, 4) is 0 Å². The first kappa shape index (κ1) is 19.5. The lowest BCUT2D eigenvalue weighted by Crippen LogP contribution is -2.52. The van der Waals surface area contributed by atoms with E-state index < -0.39 is 0 Å². The molecule has 2 aliphatic rings. The maximum absolute atomic E-state index is 12.8. The zero-order chi connectivity index (χ0) is 20.3. The summed E-state index contributed by atoms with van der Waals surface area (Å²) in [5.41, 5.74) is 1.24. The highest BCUT2D eigenvalue weighted by Gasteiger charge is 2.42. The number of carbonyl (C=O) groups is 2. The van der Waals surface area contributed by atoms with Crippen LogP contribution in [0.5, 0.6) is 0 Å². The van der Waals surface area contributed by atoms with Gasteiger partial charge in [-0.2, -0.15) is 5.10 Å². The van der Waals surface area contributed by atoms with Crippen molar-refractivity contribution >= 4 is 11.8 Å². The van der Waals surface area contributed by atoms with Crippen molar-refractivity contribution in [1.82, 2.24) is 29.5 Å². The lowest BCUT2D eigenvalue weighted by atomic mass is 9.72. The molecule has 4 rings (SSSR count).